The van der Waals surface area contributed by atoms with Crippen LogP contribution in [0.3, 0.4) is 0 Å². The average Bonchev–Trinajstić information content (AvgIpc) is 3.23. The lowest BCUT2D eigenvalue weighted by atomic mass is 10.2. The number of alkyl halides is 3. The second-order valence-corrected chi connectivity index (χ2v) is 8.33. The predicted octanol–water partition coefficient (Wildman–Crippen LogP) is 1.86. The highest BCUT2D eigenvalue weighted by Gasteiger charge is 2.30. The smallest absolute Gasteiger partial charge is 0.416 e. The molecule has 1 aliphatic heterocycles. The van der Waals surface area contributed by atoms with Crippen molar-refractivity contribution in [1.82, 2.24) is 14.6 Å². The van der Waals surface area contributed by atoms with Gasteiger partial charge >= 0.3 is 6.18 Å². The van der Waals surface area contributed by atoms with E-state index < -0.39 is 27.7 Å². The minimum atomic E-state index is -4.47. The number of nitrogens with one attached hydrogen (secondary N) is 2. The van der Waals surface area contributed by atoms with Gasteiger partial charge < -0.3 is 19.8 Å². The summed E-state index contributed by atoms with van der Waals surface area (Å²) in [5.74, 6) is -0.538. The molecule has 0 spiro atoms. The zero-order valence-electron chi connectivity index (χ0n) is 15.7. The summed E-state index contributed by atoms with van der Waals surface area (Å²) in [6.07, 6.45) is -3.24. The summed E-state index contributed by atoms with van der Waals surface area (Å²) in [5, 5.41) is 2.51. The van der Waals surface area contributed by atoms with Crippen molar-refractivity contribution in [2.24, 2.45) is 0 Å². The zero-order valence-corrected chi connectivity index (χ0v) is 16.6. The van der Waals surface area contributed by atoms with Crippen molar-refractivity contribution in [3.63, 3.8) is 0 Å². The molecule has 3 rings (SSSR count). The number of ether oxygens (including phenoxy) is 2. The molecule has 8 nitrogen and oxygen atoms in total. The van der Waals surface area contributed by atoms with Gasteiger partial charge in [-0.2, -0.15) is 17.5 Å². The molecule has 1 aliphatic rings. The van der Waals surface area contributed by atoms with E-state index in [-0.39, 0.29) is 42.6 Å². The Labute approximate surface area is 171 Å². The summed E-state index contributed by atoms with van der Waals surface area (Å²) in [6, 6.07) is 5.64. The Balaban J connectivity index is 1.51. The van der Waals surface area contributed by atoms with E-state index in [0.29, 0.717) is 13.2 Å². The Hall–Kier alpha value is -2.57. The van der Waals surface area contributed by atoms with Crippen LogP contribution in [-0.4, -0.2) is 63.1 Å². The number of halogens is 3. The molecule has 30 heavy (non-hydrogen) atoms. The van der Waals surface area contributed by atoms with E-state index in [9.17, 15) is 26.4 Å². The van der Waals surface area contributed by atoms with Crippen LogP contribution in [-0.2, 0) is 20.9 Å². The number of nitrogens with zero attached hydrogens (tertiary/aromatic N) is 1. The lowest BCUT2D eigenvalue weighted by Crippen LogP contribution is -2.40. The highest BCUT2D eigenvalue weighted by molar-refractivity contribution is 7.89. The van der Waals surface area contributed by atoms with Crippen LogP contribution in [0.4, 0.5) is 13.2 Å². The van der Waals surface area contributed by atoms with Crippen molar-refractivity contribution >= 4 is 15.9 Å². The SMILES string of the molecule is O=C(NCCOc1cccc(C(F)(F)F)c1)c1cc(S(=O)(=O)N2CCOCC2)c[nH]1. The molecule has 0 atom stereocenters. The molecule has 2 aromatic rings. The molecule has 0 unspecified atom stereocenters. The standard InChI is InChI=1S/C18H20F3N3O5S/c19-18(20,21)13-2-1-3-14(10-13)29-7-4-22-17(25)16-11-15(12-23-16)30(26,27)24-5-8-28-9-6-24/h1-3,10-12,23H,4-9H2,(H,22,25). The summed E-state index contributed by atoms with van der Waals surface area (Å²) >= 11 is 0. The first-order valence-corrected chi connectivity index (χ1v) is 10.5. The molecule has 2 N–H and O–H groups in total. The highest BCUT2D eigenvalue weighted by atomic mass is 32.2. The molecule has 1 fully saturated rings. The molecule has 0 radical (unpaired) electrons. The predicted molar refractivity (Wildman–Crippen MR) is 99.6 cm³/mol. The third-order valence-electron chi connectivity index (χ3n) is 4.33. The molecular weight excluding hydrogens is 427 g/mol. The fraction of sp³-hybridized carbons (Fsp3) is 0.389. The van der Waals surface area contributed by atoms with Gasteiger partial charge in [0.15, 0.2) is 0 Å². The van der Waals surface area contributed by atoms with Crippen LogP contribution in [0.5, 0.6) is 5.75 Å². The number of morpholine rings is 1. The van der Waals surface area contributed by atoms with Crippen LogP contribution in [0, 0.1) is 0 Å². The number of carbonyl (C=O) groups excluding carboxylic acids is 1. The Bertz CT molecular complexity index is 985. The van der Waals surface area contributed by atoms with Gasteiger partial charge in [-0.05, 0) is 24.3 Å². The molecule has 1 saturated heterocycles. The van der Waals surface area contributed by atoms with E-state index in [1.807, 2.05) is 0 Å². The first kappa shape index (κ1) is 22.1. The lowest BCUT2D eigenvalue weighted by Gasteiger charge is -2.25. The van der Waals surface area contributed by atoms with E-state index in [2.05, 4.69) is 10.3 Å². The van der Waals surface area contributed by atoms with Crippen molar-refractivity contribution < 1.29 is 35.9 Å². The van der Waals surface area contributed by atoms with Crippen LogP contribution in [0.2, 0.25) is 0 Å². The van der Waals surface area contributed by atoms with Gasteiger partial charge in [-0.15, -0.1) is 0 Å². The van der Waals surface area contributed by atoms with Crippen molar-refractivity contribution in [3.05, 3.63) is 47.8 Å². The monoisotopic (exact) mass is 447 g/mol. The van der Waals surface area contributed by atoms with E-state index >= 15 is 0 Å². The molecular formula is C18H20F3N3O5S. The summed E-state index contributed by atoms with van der Waals surface area (Å²) < 4.78 is 74.8. The number of hydrogen-bond acceptors (Lipinski definition) is 5. The number of sulfonamides is 1. The third-order valence-corrected chi connectivity index (χ3v) is 6.20. The summed E-state index contributed by atoms with van der Waals surface area (Å²) in [7, 11) is -3.73. The minimum absolute atomic E-state index is 0.0135. The fourth-order valence-corrected chi connectivity index (χ4v) is 4.18. The Morgan fingerprint density at radius 3 is 2.67 bits per heavy atom. The van der Waals surface area contributed by atoms with Gasteiger partial charge in [0.05, 0.1) is 25.3 Å². The number of H-pyrrole nitrogens is 1. The number of aromatic nitrogens is 1. The lowest BCUT2D eigenvalue weighted by molar-refractivity contribution is -0.137. The Morgan fingerprint density at radius 1 is 1.23 bits per heavy atom. The van der Waals surface area contributed by atoms with Gasteiger partial charge in [0, 0.05) is 19.3 Å². The Morgan fingerprint density at radius 2 is 1.97 bits per heavy atom. The van der Waals surface area contributed by atoms with Crippen molar-refractivity contribution in [2.75, 3.05) is 39.5 Å². The van der Waals surface area contributed by atoms with Gasteiger partial charge in [0.2, 0.25) is 10.0 Å². The van der Waals surface area contributed by atoms with Gasteiger partial charge in [-0.1, -0.05) is 6.07 Å². The van der Waals surface area contributed by atoms with Crippen LogP contribution in [0.25, 0.3) is 0 Å². The Kier molecular flexibility index (Phi) is 6.68. The van der Waals surface area contributed by atoms with Crippen molar-refractivity contribution in [2.45, 2.75) is 11.1 Å². The minimum Gasteiger partial charge on any atom is -0.492 e. The topological polar surface area (TPSA) is 101 Å². The number of rotatable bonds is 7. The summed E-state index contributed by atoms with van der Waals surface area (Å²) in [4.78, 5) is 14.8. The van der Waals surface area contributed by atoms with Gasteiger partial charge in [0.1, 0.15) is 22.9 Å². The molecule has 1 amide bonds. The van der Waals surface area contributed by atoms with Crippen LogP contribution >= 0.6 is 0 Å². The van der Waals surface area contributed by atoms with Crippen LogP contribution in [0.1, 0.15) is 16.1 Å². The molecule has 164 valence electrons. The number of amides is 1. The van der Waals surface area contributed by atoms with Gasteiger partial charge in [-0.3, -0.25) is 4.79 Å². The number of benzene rings is 1. The molecule has 1 aromatic heterocycles. The normalized spacial score (nSPS) is 15.7. The molecule has 2 heterocycles. The second-order valence-electron chi connectivity index (χ2n) is 6.40. The van der Waals surface area contributed by atoms with Crippen molar-refractivity contribution in [3.8, 4) is 5.75 Å². The maximum absolute atomic E-state index is 12.7. The van der Waals surface area contributed by atoms with E-state index in [1.54, 1.807) is 0 Å². The second kappa shape index (κ2) is 9.06. The largest absolute Gasteiger partial charge is 0.492 e. The first-order chi connectivity index (χ1) is 14.2. The average molecular weight is 447 g/mol. The maximum atomic E-state index is 12.7. The molecule has 12 heteroatoms. The van der Waals surface area contributed by atoms with Crippen molar-refractivity contribution in [1.29, 1.82) is 0 Å². The third kappa shape index (κ3) is 5.32. The highest BCUT2D eigenvalue weighted by Crippen LogP contribution is 2.31. The van der Waals surface area contributed by atoms with E-state index in [4.69, 9.17) is 9.47 Å². The zero-order chi connectivity index (χ0) is 21.8. The summed E-state index contributed by atoms with van der Waals surface area (Å²) in [5.41, 5.74) is -0.787. The molecule has 0 aliphatic carbocycles. The van der Waals surface area contributed by atoms with E-state index in [0.717, 1.165) is 12.1 Å². The maximum Gasteiger partial charge on any atom is 0.416 e. The molecule has 0 saturated carbocycles. The number of carbonyl (C=O) groups is 1. The first-order valence-electron chi connectivity index (χ1n) is 9.02. The molecule has 1 aromatic carbocycles. The van der Waals surface area contributed by atoms with Gasteiger partial charge in [-0.25, -0.2) is 8.42 Å². The van der Waals surface area contributed by atoms with Gasteiger partial charge in [0.25, 0.3) is 5.91 Å². The van der Waals surface area contributed by atoms with E-state index in [1.165, 1.54) is 28.7 Å². The number of aromatic amines is 1. The summed E-state index contributed by atoms with van der Waals surface area (Å²) in [6.45, 7) is 1.04. The van der Waals surface area contributed by atoms with Crippen LogP contribution < -0.4 is 10.1 Å². The molecule has 0 bridgehead atoms. The quantitative estimate of drug-likeness (QED) is 0.631. The number of hydrogen-bond donors (Lipinski definition) is 2. The van der Waals surface area contributed by atoms with Crippen LogP contribution in [0.15, 0.2) is 41.4 Å². The fourth-order valence-electron chi connectivity index (χ4n) is 2.78.